The molecule has 0 spiro atoms. The summed E-state index contributed by atoms with van der Waals surface area (Å²) >= 11 is 0. The van der Waals surface area contributed by atoms with E-state index in [1.54, 1.807) is 51.5 Å². The molecule has 1 aliphatic carbocycles. The molecule has 2 aromatic rings. The molecule has 1 unspecified atom stereocenters. The van der Waals surface area contributed by atoms with Crippen LogP contribution in [0.3, 0.4) is 0 Å². The zero-order chi connectivity index (χ0) is 29.1. The van der Waals surface area contributed by atoms with Crippen molar-refractivity contribution in [3.8, 4) is 17.9 Å². The summed E-state index contributed by atoms with van der Waals surface area (Å²) in [6.45, 7) is 2.40. The summed E-state index contributed by atoms with van der Waals surface area (Å²) in [5.41, 5.74) is 1.95. The van der Waals surface area contributed by atoms with Crippen molar-refractivity contribution < 1.29 is 9.59 Å². The van der Waals surface area contributed by atoms with Crippen LogP contribution in [0.5, 0.6) is 0 Å². The van der Waals surface area contributed by atoms with Gasteiger partial charge in [0.1, 0.15) is 11.9 Å². The number of carbonyl (C=O) groups excluding carboxylic acids is 2. The van der Waals surface area contributed by atoms with Gasteiger partial charge in [-0.2, -0.15) is 10.2 Å². The van der Waals surface area contributed by atoms with E-state index in [0.29, 0.717) is 29.4 Å². The minimum absolute atomic E-state index is 0.00607. The lowest BCUT2D eigenvalue weighted by atomic mass is 9.86. The largest absolute Gasteiger partial charge is 0.372 e. The maximum Gasteiger partial charge on any atom is 0.246 e. The molecule has 0 bridgehead atoms. The number of nitriles is 1. The first-order valence-corrected chi connectivity index (χ1v) is 13.4. The molecule has 0 aliphatic heterocycles. The maximum absolute atomic E-state index is 12.9. The summed E-state index contributed by atoms with van der Waals surface area (Å²) in [6.07, 6.45) is 8.51. The molecule has 1 aliphatic rings. The number of rotatable bonds is 9. The Balaban J connectivity index is 1.59. The number of nitrogens with one attached hydrogen (secondary N) is 3. The van der Waals surface area contributed by atoms with Crippen LogP contribution in [0.25, 0.3) is 0 Å². The van der Waals surface area contributed by atoms with Crippen LogP contribution in [0.1, 0.15) is 43.7 Å². The van der Waals surface area contributed by atoms with Gasteiger partial charge < -0.3 is 25.8 Å². The van der Waals surface area contributed by atoms with E-state index in [2.05, 4.69) is 43.8 Å². The fraction of sp³-hybridized carbons (Fsp3) is 0.433. The maximum atomic E-state index is 12.9. The number of aromatic nitrogens is 2. The molecule has 3 N–H and O–H groups in total. The molecule has 3 rings (SSSR count). The average molecular weight is 543 g/mol. The summed E-state index contributed by atoms with van der Waals surface area (Å²) in [5.74, 6) is 7.33. The van der Waals surface area contributed by atoms with Gasteiger partial charge in [-0.1, -0.05) is 30.4 Å². The zero-order valence-corrected chi connectivity index (χ0v) is 23.9. The second kappa shape index (κ2) is 14.7. The molecular formula is C30H38N8O2. The Morgan fingerprint density at radius 3 is 2.77 bits per heavy atom. The number of carbonyl (C=O) groups is 2. The van der Waals surface area contributed by atoms with Crippen LogP contribution in [0.2, 0.25) is 0 Å². The Hall–Kier alpha value is -4.41. The number of nitrogens with zero attached hydrogens (tertiary/aromatic N) is 5. The molecule has 1 aromatic heterocycles. The SMILES string of the molecule is CNc1nc(Nc2cccc(C#N)c2)ncc1C#C[C@@H]1CCC[C@H](NC(=O)C(C)N(C)C(=O)C=CCN(C)C)C1. The predicted octanol–water partition coefficient (Wildman–Crippen LogP) is 3.12. The Kier molecular flexibility index (Phi) is 11.0. The van der Waals surface area contributed by atoms with Crippen LogP contribution in [0, 0.1) is 29.1 Å². The van der Waals surface area contributed by atoms with Crippen LogP contribution in [-0.2, 0) is 9.59 Å². The third kappa shape index (κ3) is 8.82. The van der Waals surface area contributed by atoms with Crippen LogP contribution >= 0.6 is 0 Å². The molecule has 1 saturated carbocycles. The van der Waals surface area contributed by atoms with E-state index >= 15 is 0 Å². The summed E-state index contributed by atoms with van der Waals surface area (Å²) in [7, 11) is 7.28. The third-order valence-electron chi connectivity index (χ3n) is 6.74. The lowest BCUT2D eigenvalue weighted by Crippen LogP contribution is -2.49. The van der Waals surface area contributed by atoms with E-state index in [-0.39, 0.29) is 23.8 Å². The number of hydrogen-bond donors (Lipinski definition) is 3. The number of likely N-dealkylation sites (N-methyl/N-ethyl adjacent to an activating group) is 2. The molecule has 1 heterocycles. The van der Waals surface area contributed by atoms with Crippen LogP contribution in [0.15, 0.2) is 42.6 Å². The summed E-state index contributed by atoms with van der Waals surface area (Å²) in [4.78, 5) is 37.6. The molecule has 210 valence electrons. The van der Waals surface area contributed by atoms with Gasteiger partial charge in [0.2, 0.25) is 17.8 Å². The minimum Gasteiger partial charge on any atom is -0.372 e. The van der Waals surface area contributed by atoms with Gasteiger partial charge in [-0.15, -0.1) is 0 Å². The molecule has 2 amide bonds. The number of anilines is 3. The van der Waals surface area contributed by atoms with Crippen molar-refractivity contribution in [1.29, 1.82) is 5.26 Å². The van der Waals surface area contributed by atoms with E-state index in [1.807, 2.05) is 25.1 Å². The Bertz CT molecular complexity index is 1320. The smallest absolute Gasteiger partial charge is 0.246 e. The van der Waals surface area contributed by atoms with Crippen molar-refractivity contribution in [3.05, 3.63) is 53.7 Å². The first-order valence-electron chi connectivity index (χ1n) is 13.4. The third-order valence-corrected chi connectivity index (χ3v) is 6.74. The molecule has 40 heavy (non-hydrogen) atoms. The highest BCUT2D eigenvalue weighted by atomic mass is 16.2. The molecule has 0 radical (unpaired) electrons. The van der Waals surface area contributed by atoms with E-state index in [4.69, 9.17) is 5.26 Å². The van der Waals surface area contributed by atoms with E-state index in [9.17, 15) is 9.59 Å². The highest BCUT2D eigenvalue weighted by Crippen LogP contribution is 2.25. The molecular weight excluding hydrogens is 504 g/mol. The van der Waals surface area contributed by atoms with Gasteiger partial charge in [0, 0.05) is 44.4 Å². The fourth-order valence-electron chi connectivity index (χ4n) is 4.32. The summed E-state index contributed by atoms with van der Waals surface area (Å²) in [5, 5.41) is 18.4. The predicted molar refractivity (Wildman–Crippen MR) is 157 cm³/mol. The van der Waals surface area contributed by atoms with Crippen molar-refractivity contribution in [3.63, 3.8) is 0 Å². The molecule has 3 atom stereocenters. The van der Waals surface area contributed by atoms with Gasteiger partial charge >= 0.3 is 0 Å². The van der Waals surface area contributed by atoms with Crippen LogP contribution < -0.4 is 16.0 Å². The molecule has 10 nitrogen and oxygen atoms in total. The van der Waals surface area contributed by atoms with E-state index < -0.39 is 6.04 Å². The van der Waals surface area contributed by atoms with Crippen molar-refractivity contribution >= 4 is 29.3 Å². The number of hydrogen-bond acceptors (Lipinski definition) is 8. The first kappa shape index (κ1) is 30.1. The Morgan fingerprint density at radius 1 is 1.25 bits per heavy atom. The standard InChI is InChI=1S/C30H38N8O2/c1-21(38(5)27(39)13-8-16-37(3)4)29(40)34-25-11-6-9-22(17-25)14-15-24-20-33-30(36-28(24)32-2)35-26-12-7-10-23(18-26)19-31/h7-8,10,12-13,18,20-22,25H,6,9,11,16-17H2,1-5H3,(H,34,40)(H2,32,33,35,36)/t21?,22-,25-/m0/s1. The van der Waals surface area contributed by atoms with Crippen molar-refractivity contribution in [1.82, 2.24) is 25.1 Å². The topological polar surface area (TPSA) is 126 Å². The van der Waals surface area contributed by atoms with Crippen LogP contribution in [-0.4, -0.2) is 78.4 Å². The van der Waals surface area contributed by atoms with Gasteiger partial charge in [0.05, 0.1) is 23.4 Å². The highest BCUT2D eigenvalue weighted by molar-refractivity contribution is 5.92. The summed E-state index contributed by atoms with van der Waals surface area (Å²) < 4.78 is 0. The van der Waals surface area contributed by atoms with Gasteiger partial charge in [-0.05, 0) is 58.5 Å². The van der Waals surface area contributed by atoms with Gasteiger partial charge in [0.15, 0.2) is 0 Å². The van der Waals surface area contributed by atoms with Crippen molar-refractivity contribution in [2.24, 2.45) is 5.92 Å². The quantitative estimate of drug-likeness (QED) is 0.326. The molecule has 10 heteroatoms. The molecule has 0 saturated heterocycles. The first-order chi connectivity index (χ1) is 19.2. The number of amides is 2. The lowest BCUT2D eigenvalue weighted by molar-refractivity contribution is -0.135. The van der Waals surface area contributed by atoms with E-state index in [0.717, 1.165) is 31.4 Å². The lowest BCUT2D eigenvalue weighted by Gasteiger charge is -2.30. The highest BCUT2D eigenvalue weighted by Gasteiger charge is 2.26. The molecule has 1 fully saturated rings. The minimum atomic E-state index is -0.576. The van der Waals surface area contributed by atoms with Gasteiger partial charge in [0.25, 0.3) is 0 Å². The van der Waals surface area contributed by atoms with Gasteiger partial charge in [-0.3, -0.25) is 9.59 Å². The Morgan fingerprint density at radius 2 is 2.05 bits per heavy atom. The Labute approximate surface area is 236 Å². The zero-order valence-electron chi connectivity index (χ0n) is 23.9. The second-order valence-electron chi connectivity index (χ2n) is 10.2. The second-order valence-corrected chi connectivity index (χ2v) is 10.2. The summed E-state index contributed by atoms with van der Waals surface area (Å²) in [6, 6.07) is 8.65. The van der Waals surface area contributed by atoms with Crippen molar-refractivity contribution in [2.75, 3.05) is 45.4 Å². The average Bonchev–Trinajstić information content (AvgIpc) is 2.95. The number of benzene rings is 1. The fourth-order valence-corrected chi connectivity index (χ4v) is 4.32. The van der Waals surface area contributed by atoms with Crippen molar-refractivity contribution in [2.45, 2.75) is 44.7 Å². The molecule has 1 aromatic carbocycles. The monoisotopic (exact) mass is 542 g/mol. The van der Waals surface area contributed by atoms with Gasteiger partial charge in [-0.25, -0.2) is 4.98 Å². The van der Waals surface area contributed by atoms with Crippen LogP contribution in [0.4, 0.5) is 17.5 Å². The van der Waals surface area contributed by atoms with E-state index in [1.165, 1.54) is 11.0 Å². The normalized spacial score (nSPS) is 17.3.